The van der Waals surface area contributed by atoms with Crippen molar-refractivity contribution in [1.29, 1.82) is 0 Å². The molecule has 3 heterocycles. The molecule has 0 unspecified atom stereocenters. The molecule has 1 fully saturated rings. The van der Waals surface area contributed by atoms with E-state index in [-0.39, 0.29) is 5.41 Å². The van der Waals surface area contributed by atoms with Gasteiger partial charge in [-0.3, -0.25) is 4.57 Å². The van der Waals surface area contributed by atoms with Crippen LogP contribution in [0.1, 0.15) is 31.9 Å². The van der Waals surface area contributed by atoms with Crippen LogP contribution in [0, 0.1) is 4.77 Å². The van der Waals surface area contributed by atoms with Crippen LogP contribution >= 0.6 is 12.2 Å². The van der Waals surface area contributed by atoms with Crippen molar-refractivity contribution in [2.45, 2.75) is 39.4 Å². The fourth-order valence-electron chi connectivity index (χ4n) is 4.63. The first-order valence-corrected chi connectivity index (χ1v) is 13.0. The van der Waals surface area contributed by atoms with Crippen molar-refractivity contribution in [3.8, 4) is 11.4 Å². The van der Waals surface area contributed by atoms with Crippen molar-refractivity contribution in [3.05, 3.63) is 89.0 Å². The van der Waals surface area contributed by atoms with Crippen molar-refractivity contribution in [1.82, 2.24) is 24.3 Å². The predicted molar refractivity (Wildman–Crippen MR) is 146 cm³/mol. The van der Waals surface area contributed by atoms with Crippen LogP contribution in [0.5, 0.6) is 0 Å². The highest BCUT2D eigenvalue weighted by Crippen LogP contribution is 2.26. The molecule has 0 radical (unpaired) electrons. The molecular formula is C28H34N7S+. The Kier molecular flexibility index (Phi) is 6.98. The zero-order valence-corrected chi connectivity index (χ0v) is 22.1. The number of aromatic nitrogens is 5. The molecule has 1 aliphatic heterocycles. The quantitative estimate of drug-likeness (QED) is 0.410. The highest BCUT2D eigenvalue weighted by atomic mass is 32.1. The second-order valence-electron chi connectivity index (χ2n) is 10.4. The third-order valence-electron chi connectivity index (χ3n) is 6.79. The van der Waals surface area contributed by atoms with Crippen molar-refractivity contribution in [2.75, 3.05) is 31.1 Å². The summed E-state index contributed by atoms with van der Waals surface area (Å²) in [7, 11) is 0. The van der Waals surface area contributed by atoms with Gasteiger partial charge in [-0.2, -0.15) is 4.68 Å². The number of anilines is 1. The van der Waals surface area contributed by atoms with Crippen LogP contribution in [0.2, 0.25) is 0 Å². The Morgan fingerprint density at radius 1 is 0.889 bits per heavy atom. The van der Waals surface area contributed by atoms with Crippen LogP contribution < -0.4 is 9.80 Å². The number of piperazine rings is 1. The van der Waals surface area contributed by atoms with Gasteiger partial charge >= 0.3 is 0 Å². The molecule has 0 spiro atoms. The van der Waals surface area contributed by atoms with E-state index in [1.165, 1.54) is 16.0 Å². The van der Waals surface area contributed by atoms with E-state index in [1.54, 1.807) is 12.4 Å². The van der Waals surface area contributed by atoms with E-state index in [2.05, 4.69) is 88.7 Å². The molecule has 36 heavy (non-hydrogen) atoms. The SMILES string of the molecule is CC(C)(C)c1ccc(-c2nn(C[NH+]3CCN(c4ncccn4)CC3)c(=S)n2Cc2ccccc2)cc1. The molecule has 2 aromatic heterocycles. The van der Waals surface area contributed by atoms with Crippen LogP contribution in [-0.4, -0.2) is 50.5 Å². The van der Waals surface area contributed by atoms with E-state index < -0.39 is 0 Å². The van der Waals surface area contributed by atoms with E-state index in [0.717, 1.165) is 55.0 Å². The van der Waals surface area contributed by atoms with Gasteiger partial charge in [0.05, 0.1) is 32.7 Å². The number of quaternary nitrogens is 1. The van der Waals surface area contributed by atoms with Crippen molar-refractivity contribution in [3.63, 3.8) is 0 Å². The molecule has 0 amide bonds. The average molecular weight is 501 g/mol. The summed E-state index contributed by atoms with van der Waals surface area (Å²) in [4.78, 5) is 12.5. The Morgan fingerprint density at radius 2 is 1.56 bits per heavy atom. The van der Waals surface area contributed by atoms with Crippen LogP contribution in [0.25, 0.3) is 11.4 Å². The number of hydrogen-bond acceptors (Lipinski definition) is 5. The summed E-state index contributed by atoms with van der Waals surface area (Å²) in [5.41, 5.74) is 3.72. The molecule has 0 aliphatic carbocycles. The monoisotopic (exact) mass is 500 g/mol. The minimum Gasteiger partial charge on any atom is -0.330 e. The van der Waals surface area contributed by atoms with Crippen LogP contribution in [0.15, 0.2) is 73.1 Å². The smallest absolute Gasteiger partial charge is 0.225 e. The highest BCUT2D eigenvalue weighted by molar-refractivity contribution is 7.71. The predicted octanol–water partition coefficient (Wildman–Crippen LogP) is 3.58. The molecular weight excluding hydrogens is 466 g/mol. The maximum absolute atomic E-state index is 5.98. The maximum Gasteiger partial charge on any atom is 0.225 e. The molecule has 1 saturated heterocycles. The van der Waals surface area contributed by atoms with E-state index in [9.17, 15) is 0 Å². The number of rotatable bonds is 6. The van der Waals surface area contributed by atoms with Gasteiger partial charge < -0.3 is 9.80 Å². The van der Waals surface area contributed by atoms with Crippen LogP contribution in [-0.2, 0) is 18.6 Å². The summed E-state index contributed by atoms with van der Waals surface area (Å²) in [5.74, 6) is 1.72. The third kappa shape index (κ3) is 5.39. The lowest BCUT2D eigenvalue weighted by atomic mass is 9.87. The Hall–Kier alpha value is -3.36. The summed E-state index contributed by atoms with van der Waals surface area (Å²) in [6.07, 6.45) is 3.60. The lowest BCUT2D eigenvalue weighted by Gasteiger charge is -2.31. The largest absolute Gasteiger partial charge is 0.330 e. The first kappa shape index (κ1) is 24.3. The summed E-state index contributed by atoms with van der Waals surface area (Å²) in [5, 5.41) is 5.06. The first-order valence-electron chi connectivity index (χ1n) is 12.6. The number of nitrogens with one attached hydrogen (secondary N) is 1. The molecule has 5 rings (SSSR count). The first-order chi connectivity index (χ1) is 17.4. The van der Waals surface area contributed by atoms with Gasteiger partial charge in [-0.05, 0) is 34.8 Å². The minimum absolute atomic E-state index is 0.109. The van der Waals surface area contributed by atoms with Gasteiger partial charge in [0.25, 0.3) is 0 Å². The highest BCUT2D eigenvalue weighted by Gasteiger charge is 2.24. The van der Waals surface area contributed by atoms with Gasteiger partial charge in [-0.25, -0.2) is 9.97 Å². The molecule has 0 saturated carbocycles. The minimum atomic E-state index is 0.109. The van der Waals surface area contributed by atoms with Gasteiger partial charge in [-0.15, -0.1) is 5.10 Å². The second kappa shape index (κ2) is 10.3. The lowest BCUT2D eigenvalue weighted by molar-refractivity contribution is -0.924. The Labute approximate surface area is 218 Å². The van der Waals surface area contributed by atoms with Gasteiger partial charge in [0.2, 0.25) is 10.7 Å². The summed E-state index contributed by atoms with van der Waals surface area (Å²) >= 11 is 5.98. The Morgan fingerprint density at radius 3 is 2.19 bits per heavy atom. The molecule has 0 atom stereocenters. The summed E-state index contributed by atoms with van der Waals surface area (Å²) in [6.45, 7) is 12.0. The fourth-order valence-corrected chi connectivity index (χ4v) is 4.89. The fraction of sp³-hybridized carbons (Fsp3) is 0.357. The second-order valence-corrected chi connectivity index (χ2v) is 10.8. The molecule has 7 nitrogen and oxygen atoms in total. The summed E-state index contributed by atoms with van der Waals surface area (Å²) < 4.78 is 4.94. The maximum atomic E-state index is 5.98. The Balaban J connectivity index is 1.40. The molecule has 8 heteroatoms. The van der Waals surface area contributed by atoms with Gasteiger partial charge in [0.1, 0.15) is 0 Å². The standard InChI is InChI=1S/C28H33N7S/c1-28(2,3)24-12-10-23(11-13-24)25-31-35(27(36)34(25)20-22-8-5-4-6-9-22)21-32-16-18-33(19-17-32)26-29-14-7-15-30-26/h4-15H,16-21H2,1-3H3/p+1. The number of nitrogens with zero attached hydrogens (tertiary/aromatic N) is 6. The zero-order chi connectivity index (χ0) is 25.1. The van der Waals surface area contributed by atoms with E-state index >= 15 is 0 Å². The molecule has 1 N–H and O–H groups in total. The average Bonchev–Trinajstić information content (AvgIpc) is 3.20. The Bertz CT molecular complexity index is 1330. The molecule has 2 aromatic carbocycles. The van der Waals surface area contributed by atoms with Gasteiger partial charge in [0.15, 0.2) is 12.5 Å². The molecule has 4 aromatic rings. The van der Waals surface area contributed by atoms with Crippen LogP contribution in [0.4, 0.5) is 5.95 Å². The van der Waals surface area contributed by atoms with E-state index in [4.69, 9.17) is 17.3 Å². The number of hydrogen-bond donors (Lipinski definition) is 1. The van der Waals surface area contributed by atoms with E-state index in [0.29, 0.717) is 6.54 Å². The zero-order valence-electron chi connectivity index (χ0n) is 21.3. The number of benzene rings is 2. The summed E-state index contributed by atoms with van der Waals surface area (Å²) in [6, 6.07) is 21.1. The van der Waals surface area contributed by atoms with Gasteiger partial charge in [0, 0.05) is 18.0 Å². The molecule has 186 valence electrons. The van der Waals surface area contributed by atoms with Gasteiger partial charge in [-0.1, -0.05) is 75.4 Å². The molecule has 0 bridgehead atoms. The lowest BCUT2D eigenvalue weighted by Crippen LogP contribution is -3.14. The van der Waals surface area contributed by atoms with Crippen molar-refractivity contribution >= 4 is 18.2 Å². The molecule has 1 aliphatic rings. The van der Waals surface area contributed by atoms with Crippen molar-refractivity contribution in [2.24, 2.45) is 0 Å². The third-order valence-corrected chi connectivity index (χ3v) is 7.23. The van der Waals surface area contributed by atoms with E-state index in [1.807, 2.05) is 16.8 Å². The topological polar surface area (TPSA) is 56.2 Å². The van der Waals surface area contributed by atoms with Crippen molar-refractivity contribution < 1.29 is 4.90 Å². The van der Waals surface area contributed by atoms with Crippen LogP contribution in [0.3, 0.4) is 0 Å². The normalized spacial score (nSPS) is 14.8.